The molecule has 1 aromatic carbocycles. The van der Waals surface area contributed by atoms with Gasteiger partial charge in [-0.15, -0.1) is 0 Å². The van der Waals surface area contributed by atoms with Crippen LogP contribution in [-0.4, -0.2) is 36.0 Å². The van der Waals surface area contributed by atoms with Crippen molar-refractivity contribution >= 4 is 11.9 Å². The summed E-state index contributed by atoms with van der Waals surface area (Å²) in [7, 11) is 0. The van der Waals surface area contributed by atoms with Crippen LogP contribution in [0, 0.1) is 5.92 Å². The van der Waals surface area contributed by atoms with Crippen LogP contribution in [0.3, 0.4) is 0 Å². The van der Waals surface area contributed by atoms with E-state index in [2.05, 4.69) is 24.5 Å². The number of carbonyl (C=O) groups excluding carboxylic acids is 2. The topological polar surface area (TPSA) is 61.4 Å². The summed E-state index contributed by atoms with van der Waals surface area (Å²) >= 11 is 0. The van der Waals surface area contributed by atoms with Crippen molar-refractivity contribution < 1.29 is 9.59 Å². The van der Waals surface area contributed by atoms with Crippen molar-refractivity contribution in [3.63, 3.8) is 0 Å². The maximum absolute atomic E-state index is 12.1. The highest BCUT2D eigenvalue weighted by atomic mass is 16.2. The van der Waals surface area contributed by atoms with Crippen molar-refractivity contribution in [2.75, 3.05) is 13.1 Å². The minimum atomic E-state index is -0.132. The summed E-state index contributed by atoms with van der Waals surface area (Å²) in [6.45, 7) is 6.02. The lowest BCUT2D eigenvalue weighted by molar-refractivity contribution is -0.128. The summed E-state index contributed by atoms with van der Waals surface area (Å²) < 4.78 is 0. The quantitative estimate of drug-likeness (QED) is 0.812. The Morgan fingerprint density at radius 1 is 1.26 bits per heavy atom. The fraction of sp³-hybridized carbons (Fsp3) is 0.556. The summed E-state index contributed by atoms with van der Waals surface area (Å²) in [6, 6.07) is 10.1. The summed E-state index contributed by atoms with van der Waals surface area (Å²) in [4.78, 5) is 25.8. The van der Waals surface area contributed by atoms with Gasteiger partial charge in [0.05, 0.1) is 0 Å². The van der Waals surface area contributed by atoms with Gasteiger partial charge < -0.3 is 15.5 Å². The van der Waals surface area contributed by atoms with Crippen molar-refractivity contribution in [3.05, 3.63) is 35.9 Å². The van der Waals surface area contributed by atoms with Crippen LogP contribution in [0.1, 0.15) is 38.7 Å². The summed E-state index contributed by atoms with van der Waals surface area (Å²) in [5.41, 5.74) is 1.14. The Kier molecular flexibility index (Phi) is 6.44. The molecule has 1 aromatic rings. The average molecular weight is 317 g/mol. The molecule has 3 amide bonds. The second kappa shape index (κ2) is 8.56. The number of rotatable bonds is 7. The number of nitrogens with zero attached hydrogens (tertiary/aromatic N) is 1. The van der Waals surface area contributed by atoms with Gasteiger partial charge in [-0.25, -0.2) is 4.79 Å². The monoisotopic (exact) mass is 317 g/mol. The van der Waals surface area contributed by atoms with E-state index in [1.165, 1.54) is 0 Å². The molecule has 2 rings (SSSR count). The zero-order valence-corrected chi connectivity index (χ0v) is 14.0. The molecule has 1 heterocycles. The average Bonchev–Trinajstić information content (AvgIpc) is 2.91. The zero-order valence-electron chi connectivity index (χ0n) is 14.0. The SMILES string of the molecule is CCC(CC)NC(=O)NCC1CC(=O)N(Cc2ccccc2)C1. The molecule has 0 aromatic heterocycles. The Balaban J connectivity index is 1.76. The minimum Gasteiger partial charge on any atom is -0.338 e. The zero-order chi connectivity index (χ0) is 16.7. The van der Waals surface area contributed by atoms with Crippen LogP contribution >= 0.6 is 0 Å². The fourth-order valence-electron chi connectivity index (χ4n) is 2.91. The molecule has 1 aliphatic heterocycles. The highest BCUT2D eigenvalue weighted by Crippen LogP contribution is 2.19. The van der Waals surface area contributed by atoms with Gasteiger partial charge in [-0.05, 0) is 18.4 Å². The predicted molar refractivity (Wildman–Crippen MR) is 90.9 cm³/mol. The Labute approximate surface area is 138 Å². The maximum atomic E-state index is 12.1. The van der Waals surface area contributed by atoms with Crippen molar-refractivity contribution in [3.8, 4) is 0 Å². The van der Waals surface area contributed by atoms with E-state index in [0.717, 1.165) is 18.4 Å². The second-order valence-electron chi connectivity index (χ2n) is 6.20. The molecule has 0 spiro atoms. The molecule has 0 aliphatic carbocycles. The first-order valence-corrected chi connectivity index (χ1v) is 8.48. The van der Waals surface area contributed by atoms with Crippen LogP contribution in [0.4, 0.5) is 4.79 Å². The van der Waals surface area contributed by atoms with E-state index in [0.29, 0.717) is 26.1 Å². The summed E-state index contributed by atoms with van der Waals surface area (Å²) in [6.07, 6.45) is 2.37. The third-order valence-electron chi connectivity index (χ3n) is 4.38. The van der Waals surface area contributed by atoms with Crippen LogP contribution in [0.25, 0.3) is 0 Å². The van der Waals surface area contributed by atoms with Crippen LogP contribution in [-0.2, 0) is 11.3 Å². The van der Waals surface area contributed by atoms with E-state index in [9.17, 15) is 9.59 Å². The van der Waals surface area contributed by atoms with Gasteiger partial charge in [-0.2, -0.15) is 0 Å². The molecule has 2 N–H and O–H groups in total. The molecule has 0 radical (unpaired) electrons. The summed E-state index contributed by atoms with van der Waals surface area (Å²) in [5.74, 6) is 0.361. The lowest BCUT2D eigenvalue weighted by Gasteiger charge is -2.18. The molecular formula is C18H27N3O2. The smallest absolute Gasteiger partial charge is 0.315 e. The van der Waals surface area contributed by atoms with Crippen LogP contribution in [0.5, 0.6) is 0 Å². The van der Waals surface area contributed by atoms with Gasteiger partial charge in [0.15, 0.2) is 0 Å². The Morgan fingerprint density at radius 3 is 2.61 bits per heavy atom. The van der Waals surface area contributed by atoms with Crippen molar-refractivity contribution in [1.29, 1.82) is 0 Å². The fourth-order valence-corrected chi connectivity index (χ4v) is 2.91. The van der Waals surface area contributed by atoms with E-state index in [1.807, 2.05) is 35.2 Å². The van der Waals surface area contributed by atoms with E-state index >= 15 is 0 Å². The van der Waals surface area contributed by atoms with Crippen molar-refractivity contribution in [2.45, 2.75) is 45.7 Å². The van der Waals surface area contributed by atoms with Gasteiger partial charge in [-0.3, -0.25) is 4.79 Å². The lowest BCUT2D eigenvalue weighted by atomic mass is 10.1. The molecule has 1 aliphatic rings. The minimum absolute atomic E-state index is 0.132. The van der Waals surface area contributed by atoms with Gasteiger partial charge in [0, 0.05) is 38.0 Å². The number of urea groups is 1. The van der Waals surface area contributed by atoms with Gasteiger partial charge in [0.2, 0.25) is 5.91 Å². The van der Waals surface area contributed by atoms with Crippen molar-refractivity contribution in [2.24, 2.45) is 5.92 Å². The first-order chi connectivity index (χ1) is 11.1. The predicted octanol–water partition coefficient (Wildman–Crippen LogP) is 2.52. The third-order valence-corrected chi connectivity index (χ3v) is 4.38. The largest absolute Gasteiger partial charge is 0.338 e. The normalized spacial score (nSPS) is 17.6. The van der Waals surface area contributed by atoms with Gasteiger partial charge in [-0.1, -0.05) is 44.2 Å². The number of hydrogen-bond donors (Lipinski definition) is 2. The van der Waals surface area contributed by atoms with Crippen LogP contribution < -0.4 is 10.6 Å². The standard InChI is InChI=1S/C18H27N3O2/c1-3-16(4-2)20-18(23)19-11-15-10-17(22)21(13-15)12-14-8-6-5-7-9-14/h5-9,15-16H,3-4,10-13H2,1-2H3,(H2,19,20,23). The van der Waals surface area contributed by atoms with Gasteiger partial charge in [0.1, 0.15) is 0 Å². The number of benzene rings is 1. The number of carbonyl (C=O) groups is 2. The number of amides is 3. The lowest BCUT2D eigenvalue weighted by Crippen LogP contribution is -2.43. The molecule has 5 heteroatoms. The first-order valence-electron chi connectivity index (χ1n) is 8.48. The van der Waals surface area contributed by atoms with Crippen molar-refractivity contribution in [1.82, 2.24) is 15.5 Å². The number of hydrogen-bond acceptors (Lipinski definition) is 2. The Hall–Kier alpha value is -2.04. The summed E-state index contributed by atoms with van der Waals surface area (Å²) in [5, 5.41) is 5.85. The van der Waals surface area contributed by atoms with E-state index in [-0.39, 0.29) is 23.9 Å². The van der Waals surface area contributed by atoms with Gasteiger partial charge >= 0.3 is 6.03 Å². The van der Waals surface area contributed by atoms with E-state index < -0.39 is 0 Å². The molecular weight excluding hydrogens is 290 g/mol. The third kappa shape index (κ3) is 5.27. The molecule has 1 unspecified atom stereocenters. The maximum Gasteiger partial charge on any atom is 0.315 e. The molecule has 5 nitrogen and oxygen atoms in total. The number of nitrogens with one attached hydrogen (secondary N) is 2. The van der Waals surface area contributed by atoms with E-state index in [1.54, 1.807) is 0 Å². The van der Waals surface area contributed by atoms with Crippen LogP contribution in [0.2, 0.25) is 0 Å². The molecule has 1 atom stereocenters. The molecule has 0 bridgehead atoms. The van der Waals surface area contributed by atoms with Crippen LogP contribution in [0.15, 0.2) is 30.3 Å². The molecule has 1 fully saturated rings. The first kappa shape index (κ1) is 17.3. The van der Waals surface area contributed by atoms with Gasteiger partial charge in [0.25, 0.3) is 0 Å². The molecule has 0 saturated carbocycles. The van der Waals surface area contributed by atoms with E-state index in [4.69, 9.17) is 0 Å². The Morgan fingerprint density at radius 2 is 1.96 bits per heavy atom. The molecule has 1 saturated heterocycles. The Bertz CT molecular complexity index is 514. The molecule has 126 valence electrons. The highest BCUT2D eigenvalue weighted by molar-refractivity contribution is 5.79. The highest BCUT2D eigenvalue weighted by Gasteiger charge is 2.29. The number of likely N-dealkylation sites (tertiary alicyclic amines) is 1. The second-order valence-corrected chi connectivity index (χ2v) is 6.20. The molecule has 23 heavy (non-hydrogen) atoms.